The number of non-ortho nitro benzene ring substituents is 1. The van der Waals surface area contributed by atoms with Gasteiger partial charge in [-0.1, -0.05) is 17.7 Å². The maximum Gasteiger partial charge on any atom is 0.270 e. The van der Waals surface area contributed by atoms with Gasteiger partial charge in [0.1, 0.15) is 6.54 Å². The third kappa shape index (κ3) is 2.83. The molecule has 0 aliphatic carbocycles. The molecule has 132 valence electrons. The van der Waals surface area contributed by atoms with Gasteiger partial charge in [-0.15, -0.1) is 0 Å². The van der Waals surface area contributed by atoms with Crippen LogP contribution in [0.3, 0.4) is 0 Å². The van der Waals surface area contributed by atoms with Crippen LogP contribution in [0.4, 0.5) is 11.4 Å². The maximum absolute atomic E-state index is 12.9. The fourth-order valence-corrected chi connectivity index (χ4v) is 3.66. The molecule has 0 saturated carbocycles. The standard InChI is InChI=1S/C20H19N3O3/c1-14-4-6-19-15(11-14)3-2-9-22(19)20(24)13-21-10-8-16-12-17(23(25)26)5-7-18(16)21/h4-8,10-12H,2-3,9,13H2,1H3. The quantitative estimate of drug-likeness (QED) is 0.533. The molecule has 0 bridgehead atoms. The second kappa shape index (κ2) is 6.29. The highest BCUT2D eigenvalue weighted by atomic mass is 16.6. The molecule has 0 spiro atoms. The van der Waals surface area contributed by atoms with E-state index in [1.165, 1.54) is 23.3 Å². The summed E-state index contributed by atoms with van der Waals surface area (Å²) in [4.78, 5) is 25.3. The summed E-state index contributed by atoms with van der Waals surface area (Å²) < 4.78 is 1.85. The number of benzene rings is 2. The van der Waals surface area contributed by atoms with Gasteiger partial charge < -0.3 is 9.47 Å². The van der Waals surface area contributed by atoms with Crippen molar-refractivity contribution in [3.8, 4) is 0 Å². The van der Waals surface area contributed by atoms with Gasteiger partial charge in [-0.3, -0.25) is 14.9 Å². The van der Waals surface area contributed by atoms with E-state index < -0.39 is 4.92 Å². The Bertz CT molecular complexity index is 1020. The predicted molar refractivity (Wildman–Crippen MR) is 100 cm³/mol. The van der Waals surface area contributed by atoms with Crippen LogP contribution in [-0.4, -0.2) is 21.9 Å². The second-order valence-corrected chi connectivity index (χ2v) is 6.72. The number of amides is 1. The molecule has 4 rings (SSSR count). The van der Waals surface area contributed by atoms with Gasteiger partial charge >= 0.3 is 0 Å². The van der Waals surface area contributed by atoms with Crippen LogP contribution < -0.4 is 4.90 Å². The highest BCUT2D eigenvalue weighted by molar-refractivity contribution is 5.95. The molecule has 0 radical (unpaired) electrons. The Balaban J connectivity index is 1.61. The lowest BCUT2D eigenvalue weighted by Gasteiger charge is -2.30. The zero-order valence-electron chi connectivity index (χ0n) is 14.5. The van der Waals surface area contributed by atoms with Gasteiger partial charge in [0.2, 0.25) is 5.91 Å². The van der Waals surface area contributed by atoms with Gasteiger partial charge in [0.15, 0.2) is 0 Å². The lowest BCUT2D eigenvalue weighted by atomic mass is 9.99. The molecule has 0 fully saturated rings. The molecule has 0 atom stereocenters. The summed E-state index contributed by atoms with van der Waals surface area (Å²) in [6.45, 7) is 3.00. The minimum Gasteiger partial charge on any atom is -0.338 e. The molecule has 1 aliphatic rings. The van der Waals surface area contributed by atoms with Gasteiger partial charge in [0.25, 0.3) is 5.69 Å². The molecular weight excluding hydrogens is 330 g/mol. The number of nitro benzene ring substituents is 1. The molecule has 26 heavy (non-hydrogen) atoms. The Morgan fingerprint density at radius 2 is 2.04 bits per heavy atom. The molecule has 2 heterocycles. The van der Waals surface area contributed by atoms with E-state index in [4.69, 9.17) is 0 Å². The van der Waals surface area contributed by atoms with E-state index in [9.17, 15) is 14.9 Å². The number of fused-ring (bicyclic) bond motifs is 2. The van der Waals surface area contributed by atoms with Crippen LogP contribution in [0.15, 0.2) is 48.7 Å². The van der Waals surface area contributed by atoms with Crippen LogP contribution in [0, 0.1) is 17.0 Å². The summed E-state index contributed by atoms with van der Waals surface area (Å²) >= 11 is 0. The van der Waals surface area contributed by atoms with Crippen LogP contribution >= 0.6 is 0 Å². The highest BCUT2D eigenvalue weighted by Crippen LogP contribution is 2.29. The fourth-order valence-electron chi connectivity index (χ4n) is 3.66. The van der Waals surface area contributed by atoms with Crippen molar-refractivity contribution in [2.75, 3.05) is 11.4 Å². The van der Waals surface area contributed by atoms with Crippen LogP contribution in [0.5, 0.6) is 0 Å². The first kappa shape index (κ1) is 16.3. The van der Waals surface area contributed by atoms with Crippen molar-refractivity contribution in [2.45, 2.75) is 26.3 Å². The molecule has 3 aromatic rings. The van der Waals surface area contributed by atoms with Crippen LogP contribution in [0.2, 0.25) is 0 Å². The van der Waals surface area contributed by atoms with Gasteiger partial charge in [-0.2, -0.15) is 0 Å². The smallest absolute Gasteiger partial charge is 0.270 e. The molecule has 0 N–H and O–H groups in total. The molecule has 0 unspecified atom stereocenters. The number of nitrogens with zero attached hydrogens (tertiary/aromatic N) is 3. The number of aryl methyl sites for hydroxylation is 2. The lowest BCUT2D eigenvalue weighted by molar-refractivity contribution is -0.384. The lowest BCUT2D eigenvalue weighted by Crippen LogP contribution is -2.37. The van der Waals surface area contributed by atoms with E-state index in [0.29, 0.717) is 0 Å². The van der Waals surface area contributed by atoms with E-state index in [1.807, 2.05) is 33.9 Å². The first-order valence-corrected chi connectivity index (χ1v) is 8.66. The van der Waals surface area contributed by atoms with Crippen molar-refractivity contribution in [3.05, 3.63) is 69.9 Å². The van der Waals surface area contributed by atoms with E-state index in [-0.39, 0.29) is 18.1 Å². The Hall–Kier alpha value is -3.15. The van der Waals surface area contributed by atoms with Crippen molar-refractivity contribution in [1.82, 2.24) is 4.57 Å². The van der Waals surface area contributed by atoms with Crippen LogP contribution in [-0.2, 0) is 17.8 Å². The van der Waals surface area contributed by atoms with E-state index in [2.05, 4.69) is 13.0 Å². The summed E-state index contributed by atoms with van der Waals surface area (Å²) in [5.41, 5.74) is 4.31. The number of hydrogen-bond donors (Lipinski definition) is 0. The van der Waals surface area contributed by atoms with E-state index in [0.717, 1.165) is 36.0 Å². The summed E-state index contributed by atoms with van der Waals surface area (Å²) in [6, 6.07) is 12.7. The Morgan fingerprint density at radius 1 is 1.19 bits per heavy atom. The number of carbonyl (C=O) groups is 1. The van der Waals surface area contributed by atoms with Crippen LogP contribution in [0.1, 0.15) is 17.5 Å². The third-order valence-electron chi connectivity index (χ3n) is 4.93. The molecule has 6 nitrogen and oxygen atoms in total. The molecular formula is C20H19N3O3. The van der Waals surface area contributed by atoms with Crippen molar-refractivity contribution in [2.24, 2.45) is 0 Å². The van der Waals surface area contributed by atoms with Gasteiger partial charge in [0.05, 0.1) is 4.92 Å². The summed E-state index contributed by atoms with van der Waals surface area (Å²) in [5, 5.41) is 11.7. The van der Waals surface area contributed by atoms with Crippen molar-refractivity contribution >= 4 is 28.2 Å². The summed E-state index contributed by atoms with van der Waals surface area (Å²) in [7, 11) is 0. The van der Waals surface area contributed by atoms with Crippen molar-refractivity contribution in [1.29, 1.82) is 0 Å². The number of nitro groups is 1. The average molecular weight is 349 g/mol. The molecule has 6 heteroatoms. The number of anilines is 1. The minimum absolute atomic E-state index is 0.0330. The summed E-state index contributed by atoms with van der Waals surface area (Å²) in [6.07, 6.45) is 3.77. The van der Waals surface area contributed by atoms with E-state index in [1.54, 1.807) is 6.07 Å². The van der Waals surface area contributed by atoms with Crippen molar-refractivity contribution in [3.63, 3.8) is 0 Å². The minimum atomic E-state index is -0.408. The Labute approximate surface area is 150 Å². The van der Waals surface area contributed by atoms with Crippen molar-refractivity contribution < 1.29 is 9.72 Å². The van der Waals surface area contributed by atoms with Gasteiger partial charge in [0, 0.05) is 41.5 Å². The number of rotatable bonds is 3. The first-order chi connectivity index (χ1) is 12.5. The highest BCUT2D eigenvalue weighted by Gasteiger charge is 2.23. The normalized spacial score (nSPS) is 13.7. The average Bonchev–Trinajstić information content (AvgIpc) is 3.03. The SMILES string of the molecule is Cc1ccc2c(c1)CCCN2C(=O)Cn1ccc2cc([N+](=O)[O-])ccc21. The predicted octanol–water partition coefficient (Wildman–Crippen LogP) is 3.84. The molecule has 1 aliphatic heterocycles. The topological polar surface area (TPSA) is 68.4 Å². The number of hydrogen-bond acceptors (Lipinski definition) is 3. The summed E-state index contributed by atoms with van der Waals surface area (Å²) in [5.74, 6) is 0.0330. The first-order valence-electron chi connectivity index (χ1n) is 8.66. The molecule has 1 aromatic heterocycles. The zero-order valence-corrected chi connectivity index (χ0v) is 14.5. The monoisotopic (exact) mass is 349 g/mol. The zero-order chi connectivity index (χ0) is 18.3. The largest absolute Gasteiger partial charge is 0.338 e. The maximum atomic E-state index is 12.9. The van der Waals surface area contributed by atoms with E-state index >= 15 is 0 Å². The third-order valence-corrected chi connectivity index (χ3v) is 4.93. The Morgan fingerprint density at radius 3 is 2.85 bits per heavy atom. The van der Waals surface area contributed by atoms with Gasteiger partial charge in [-0.25, -0.2) is 0 Å². The molecule has 0 saturated heterocycles. The fraction of sp³-hybridized carbons (Fsp3) is 0.250. The Kier molecular flexibility index (Phi) is 3.95. The number of carbonyl (C=O) groups excluding carboxylic acids is 1. The molecule has 2 aromatic carbocycles. The second-order valence-electron chi connectivity index (χ2n) is 6.72. The van der Waals surface area contributed by atoms with Crippen LogP contribution in [0.25, 0.3) is 10.9 Å². The van der Waals surface area contributed by atoms with Gasteiger partial charge in [-0.05, 0) is 43.5 Å². The number of aromatic nitrogens is 1. The molecule has 1 amide bonds.